The molecule has 18 heavy (non-hydrogen) atoms. The van der Waals surface area contributed by atoms with E-state index in [1.807, 2.05) is 0 Å². The van der Waals surface area contributed by atoms with Crippen LogP contribution < -0.4 is 0 Å². The van der Waals surface area contributed by atoms with Gasteiger partial charge in [-0.1, -0.05) is 22.9 Å². The zero-order valence-corrected chi connectivity index (χ0v) is 13.0. The average molecular weight is 325 g/mol. The fourth-order valence-electron chi connectivity index (χ4n) is 1.82. The summed E-state index contributed by atoms with van der Waals surface area (Å²) in [5.74, 6) is 0. The van der Waals surface area contributed by atoms with Crippen LogP contribution >= 0.6 is 15.9 Å². The third-order valence-electron chi connectivity index (χ3n) is 2.89. The Balaban J connectivity index is 1.95. The van der Waals surface area contributed by atoms with Crippen LogP contribution in [-0.4, -0.2) is 57.2 Å². The van der Waals surface area contributed by atoms with Gasteiger partial charge in [0.1, 0.15) is 0 Å². The molecule has 108 valence electrons. The monoisotopic (exact) mass is 324 g/mol. The fourth-order valence-corrected chi connectivity index (χ4v) is 2.68. The molecule has 0 heterocycles. The molecule has 1 saturated carbocycles. The molecule has 0 N–H and O–H groups in total. The first-order chi connectivity index (χ1) is 8.79. The fraction of sp³-hybridized carbons (Fsp3) is 1.00. The van der Waals surface area contributed by atoms with Gasteiger partial charge < -0.3 is 18.9 Å². The van der Waals surface area contributed by atoms with E-state index in [1.54, 1.807) is 7.11 Å². The maximum Gasteiger partial charge on any atom is 0.0962 e. The largest absolute Gasteiger partial charge is 0.385 e. The number of hydrogen-bond donors (Lipinski definition) is 0. The Labute approximate surface area is 118 Å². The Morgan fingerprint density at radius 3 is 2.56 bits per heavy atom. The molecule has 0 aromatic rings. The molecule has 1 rings (SSSR count). The molecule has 3 atom stereocenters. The van der Waals surface area contributed by atoms with Crippen molar-refractivity contribution in [1.29, 1.82) is 0 Å². The molecule has 1 fully saturated rings. The summed E-state index contributed by atoms with van der Waals surface area (Å²) in [7, 11) is 1.70. The van der Waals surface area contributed by atoms with Crippen LogP contribution in [0.4, 0.5) is 0 Å². The van der Waals surface area contributed by atoms with Crippen LogP contribution in [0.5, 0.6) is 0 Å². The molecular formula is C13H25BrO4. The van der Waals surface area contributed by atoms with Gasteiger partial charge in [-0.15, -0.1) is 0 Å². The zero-order chi connectivity index (χ0) is 13.2. The lowest BCUT2D eigenvalue weighted by molar-refractivity contribution is -0.128. The zero-order valence-electron chi connectivity index (χ0n) is 11.4. The summed E-state index contributed by atoms with van der Waals surface area (Å²) in [5.41, 5.74) is 0. The van der Waals surface area contributed by atoms with Gasteiger partial charge in [0.2, 0.25) is 0 Å². The minimum Gasteiger partial charge on any atom is -0.385 e. The summed E-state index contributed by atoms with van der Waals surface area (Å²) in [6, 6.07) is 0. The van der Waals surface area contributed by atoms with E-state index >= 15 is 0 Å². The second-order valence-corrected chi connectivity index (χ2v) is 5.63. The standard InChI is InChI=1S/C13H25BrO4/c1-3-5-18-13-11(14)10-12(13)17-9-8-16-7-4-6-15-2/h11-13H,3-10H2,1-2H3. The molecule has 0 aromatic heterocycles. The highest BCUT2D eigenvalue weighted by Crippen LogP contribution is 2.33. The second kappa shape index (κ2) is 10.1. The predicted octanol–water partition coefficient (Wildman–Crippen LogP) is 2.39. The summed E-state index contributed by atoms with van der Waals surface area (Å²) in [5, 5.41) is 0. The van der Waals surface area contributed by atoms with Crippen LogP contribution in [-0.2, 0) is 18.9 Å². The summed E-state index contributed by atoms with van der Waals surface area (Å²) in [4.78, 5) is 0.441. The third kappa shape index (κ3) is 5.97. The lowest BCUT2D eigenvalue weighted by atomic mass is 9.91. The first-order valence-corrected chi connectivity index (χ1v) is 7.65. The van der Waals surface area contributed by atoms with Crippen molar-refractivity contribution in [2.24, 2.45) is 0 Å². The van der Waals surface area contributed by atoms with Crippen molar-refractivity contribution in [3.05, 3.63) is 0 Å². The predicted molar refractivity (Wildman–Crippen MR) is 74.4 cm³/mol. The number of hydrogen-bond acceptors (Lipinski definition) is 4. The number of rotatable bonds is 11. The van der Waals surface area contributed by atoms with E-state index in [9.17, 15) is 0 Å². The molecular weight excluding hydrogens is 300 g/mol. The quantitative estimate of drug-likeness (QED) is 0.432. The van der Waals surface area contributed by atoms with Crippen LogP contribution in [0.3, 0.4) is 0 Å². The van der Waals surface area contributed by atoms with Crippen LogP contribution in [0.1, 0.15) is 26.2 Å². The van der Waals surface area contributed by atoms with E-state index in [2.05, 4.69) is 22.9 Å². The van der Waals surface area contributed by atoms with E-state index in [1.165, 1.54) is 0 Å². The molecule has 1 aliphatic carbocycles. The van der Waals surface area contributed by atoms with Crippen molar-refractivity contribution < 1.29 is 18.9 Å². The van der Waals surface area contributed by atoms with Gasteiger partial charge in [-0.2, -0.15) is 0 Å². The van der Waals surface area contributed by atoms with Crippen molar-refractivity contribution in [2.45, 2.75) is 43.2 Å². The van der Waals surface area contributed by atoms with Crippen molar-refractivity contribution in [3.63, 3.8) is 0 Å². The Morgan fingerprint density at radius 1 is 1.06 bits per heavy atom. The molecule has 1 aliphatic rings. The highest BCUT2D eigenvalue weighted by molar-refractivity contribution is 9.09. The molecule has 0 amide bonds. The number of alkyl halides is 1. The Bertz CT molecular complexity index is 203. The highest BCUT2D eigenvalue weighted by Gasteiger charge is 2.41. The lowest BCUT2D eigenvalue weighted by Gasteiger charge is -2.40. The van der Waals surface area contributed by atoms with Crippen molar-refractivity contribution in [1.82, 2.24) is 0 Å². The highest BCUT2D eigenvalue weighted by atomic mass is 79.9. The Kier molecular flexibility index (Phi) is 9.23. The topological polar surface area (TPSA) is 36.9 Å². The second-order valence-electron chi connectivity index (χ2n) is 4.46. The van der Waals surface area contributed by atoms with E-state index in [0.29, 0.717) is 18.0 Å². The van der Waals surface area contributed by atoms with Gasteiger partial charge in [-0.05, 0) is 19.3 Å². The van der Waals surface area contributed by atoms with Crippen molar-refractivity contribution >= 4 is 15.9 Å². The van der Waals surface area contributed by atoms with Crippen LogP contribution in [0, 0.1) is 0 Å². The van der Waals surface area contributed by atoms with Crippen LogP contribution in [0.2, 0.25) is 0 Å². The van der Waals surface area contributed by atoms with Gasteiger partial charge in [0.15, 0.2) is 0 Å². The Morgan fingerprint density at radius 2 is 1.89 bits per heavy atom. The van der Waals surface area contributed by atoms with E-state index < -0.39 is 0 Å². The molecule has 5 heteroatoms. The van der Waals surface area contributed by atoms with Gasteiger partial charge in [0.05, 0.1) is 25.4 Å². The smallest absolute Gasteiger partial charge is 0.0962 e. The molecule has 0 aliphatic heterocycles. The van der Waals surface area contributed by atoms with Gasteiger partial charge in [-0.3, -0.25) is 0 Å². The van der Waals surface area contributed by atoms with E-state index in [4.69, 9.17) is 18.9 Å². The molecule has 4 nitrogen and oxygen atoms in total. The summed E-state index contributed by atoms with van der Waals surface area (Å²) < 4.78 is 21.9. The lowest BCUT2D eigenvalue weighted by Crippen LogP contribution is -2.51. The molecule has 0 saturated heterocycles. The maximum absolute atomic E-state index is 5.75. The summed E-state index contributed by atoms with van der Waals surface area (Å²) in [6.07, 6.45) is 3.44. The minimum absolute atomic E-state index is 0.207. The summed E-state index contributed by atoms with van der Waals surface area (Å²) >= 11 is 3.60. The molecule has 0 radical (unpaired) electrons. The molecule has 0 spiro atoms. The normalized spacial score (nSPS) is 27.2. The molecule has 0 bridgehead atoms. The Hall–Kier alpha value is 0.320. The van der Waals surface area contributed by atoms with Gasteiger partial charge >= 0.3 is 0 Å². The first kappa shape index (κ1) is 16.4. The third-order valence-corrected chi connectivity index (χ3v) is 3.79. The van der Waals surface area contributed by atoms with E-state index in [0.717, 1.165) is 39.1 Å². The molecule has 0 aromatic carbocycles. The van der Waals surface area contributed by atoms with Crippen molar-refractivity contribution in [2.75, 3.05) is 40.1 Å². The van der Waals surface area contributed by atoms with Gasteiger partial charge in [0, 0.05) is 31.8 Å². The van der Waals surface area contributed by atoms with Crippen molar-refractivity contribution in [3.8, 4) is 0 Å². The van der Waals surface area contributed by atoms with E-state index in [-0.39, 0.29) is 12.2 Å². The SMILES string of the molecule is CCCOC1C(Br)CC1OCCOCCCOC. The number of ether oxygens (including phenoxy) is 4. The maximum atomic E-state index is 5.75. The summed E-state index contributed by atoms with van der Waals surface area (Å²) in [6.45, 7) is 5.70. The van der Waals surface area contributed by atoms with Gasteiger partial charge in [0.25, 0.3) is 0 Å². The van der Waals surface area contributed by atoms with Crippen LogP contribution in [0.15, 0.2) is 0 Å². The number of methoxy groups -OCH3 is 1. The average Bonchev–Trinajstić information content (AvgIpc) is 2.36. The minimum atomic E-state index is 0.207. The number of halogens is 1. The van der Waals surface area contributed by atoms with Gasteiger partial charge in [-0.25, -0.2) is 0 Å². The first-order valence-electron chi connectivity index (χ1n) is 6.73. The van der Waals surface area contributed by atoms with Crippen LogP contribution in [0.25, 0.3) is 0 Å². The molecule has 3 unspecified atom stereocenters.